The fraction of sp³-hybridized carbons (Fsp3) is 0.167. The minimum absolute atomic E-state index is 0.642. The van der Waals surface area contributed by atoms with Gasteiger partial charge in [0.2, 0.25) is 5.89 Å². The molecular formula is C18H17NO. The molecule has 20 heavy (non-hydrogen) atoms. The van der Waals surface area contributed by atoms with Gasteiger partial charge in [0.05, 0.1) is 0 Å². The Morgan fingerprint density at radius 3 is 2.45 bits per heavy atom. The highest BCUT2D eigenvalue weighted by Crippen LogP contribution is 2.20. The second-order valence-corrected chi connectivity index (χ2v) is 5.15. The van der Waals surface area contributed by atoms with E-state index in [-0.39, 0.29) is 0 Å². The SMILES string of the molecule is Cc1cc(C)c(/C=C/c2nc3ccccc3o2)cc1C. The summed E-state index contributed by atoms with van der Waals surface area (Å²) in [6, 6.07) is 12.2. The molecule has 0 N–H and O–H groups in total. The molecule has 0 saturated heterocycles. The molecule has 0 unspecified atom stereocenters. The summed E-state index contributed by atoms with van der Waals surface area (Å²) in [4.78, 5) is 4.44. The predicted molar refractivity (Wildman–Crippen MR) is 83.6 cm³/mol. The van der Waals surface area contributed by atoms with Gasteiger partial charge in [-0.3, -0.25) is 0 Å². The quantitative estimate of drug-likeness (QED) is 0.655. The largest absolute Gasteiger partial charge is 0.437 e. The average molecular weight is 263 g/mol. The Hall–Kier alpha value is -2.35. The molecule has 1 heterocycles. The summed E-state index contributed by atoms with van der Waals surface area (Å²) in [5.41, 5.74) is 6.80. The molecule has 0 amide bonds. The van der Waals surface area contributed by atoms with E-state index < -0.39 is 0 Å². The highest BCUT2D eigenvalue weighted by atomic mass is 16.3. The van der Waals surface area contributed by atoms with E-state index in [4.69, 9.17) is 4.42 Å². The molecule has 0 aliphatic rings. The number of para-hydroxylation sites is 2. The van der Waals surface area contributed by atoms with Gasteiger partial charge in [0.1, 0.15) is 5.52 Å². The molecule has 0 spiro atoms. The maximum Gasteiger partial charge on any atom is 0.220 e. The van der Waals surface area contributed by atoms with E-state index in [9.17, 15) is 0 Å². The Labute approximate surface area is 118 Å². The number of nitrogens with zero attached hydrogens (tertiary/aromatic N) is 1. The van der Waals surface area contributed by atoms with Crippen LogP contribution in [0.25, 0.3) is 23.3 Å². The van der Waals surface area contributed by atoms with Crippen LogP contribution in [0, 0.1) is 20.8 Å². The molecule has 1 aromatic heterocycles. The highest BCUT2D eigenvalue weighted by Gasteiger charge is 2.02. The molecule has 0 bridgehead atoms. The minimum Gasteiger partial charge on any atom is -0.437 e. The summed E-state index contributed by atoms with van der Waals surface area (Å²) in [7, 11) is 0. The Kier molecular flexibility index (Phi) is 3.15. The first-order chi connectivity index (χ1) is 9.63. The average Bonchev–Trinajstić information content (AvgIpc) is 2.84. The van der Waals surface area contributed by atoms with Crippen molar-refractivity contribution >= 4 is 23.3 Å². The number of benzene rings is 2. The van der Waals surface area contributed by atoms with Crippen molar-refractivity contribution in [2.45, 2.75) is 20.8 Å². The fourth-order valence-corrected chi connectivity index (χ4v) is 2.28. The molecule has 100 valence electrons. The number of fused-ring (bicyclic) bond motifs is 1. The van der Waals surface area contributed by atoms with Crippen LogP contribution in [-0.2, 0) is 0 Å². The fourth-order valence-electron chi connectivity index (χ4n) is 2.28. The number of oxazole rings is 1. The topological polar surface area (TPSA) is 26.0 Å². The zero-order valence-electron chi connectivity index (χ0n) is 12.0. The van der Waals surface area contributed by atoms with Gasteiger partial charge in [0.25, 0.3) is 0 Å². The van der Waals surface area contributed by atoms with Crippen molar-refractivity contribution in [1.82, 2.24) is 4.98 Å². The van der Waals surface area contributed by atoms with Gasteiger partial charge in [-0.15, -0.1) is 0 Å². The van der Waals surface area contributed by atoms with E-state index >= 15 is 0 Å². The molecule has 0 fully saturated rings. The van der Waals surface area contributed by atoms with Crippen LogP contribution in [0.1, 0.15) is 28.1 Å². The van der Waals surface area contributed by atoms with Gasteiger partial charge in [-0.05, 0) is 61.2 Å². The van der Waals surface area contributed by atoms with Crippen molar-refractivity contribution in [2.75, 3.05) is 0 Å². The Morgan fingerprint density at radius 1 is 0.900 bits per heavy atom. The molecule has 2 aromatic carbocycles. The molecule has 3 aromatic rings. The zero-order chi connectivity index (χ0) is 14.1. The lowest BCUT2D eigenvalue weighted by molar-refractivity contribution is 0.589. The minimum atomic E-state index is 0.642. The van der Waals surface area contributed by atoms with Crippen LogP contribution < -0.4 is 0 Å². The van der Waals surface area contributed by atoms with Crippen LogP contribution in [0.4, 0.5) is 0 Å². The number of hydrogen-bond donors (Lipinski definition) is 0. The molecule has 3 rings (SSSR count). The van der Waals surface area contributed by atoms with Crippen LogP contribution in [0.2, 0.25) is 0 Å². The number of rotatable bonds is 2. The maximum atomic E-state index is 5.69. The van der Waals surface area contributed by atoms with E-state index in [1.807, 2.05) is 30.3 Å². The summed E-state index contributed by atoms with van der Waals surface area (Å²) >= 11 is 0. The molecule has 0 aliphatic carbocycles. The lowest BCUT2D eigenvalue weighted by Gasteiger charge is -2.05. The normalized spacial score (nSPS) is 11.6. The van der Waals surface area contributed by atoms with E-state index in [2.05, 4.69) is 44.0 Å². The summed E-state index contributed by atoms with van der Waals surface area (Å²) in [6.45, 7) is 6.39. The van der Waals surface area contributed by atoms with Gasteiger partial charge in [-0.25, -0.2) is 4.98 Å². The van der Waals surface area contributed by atoms with Crippen LogP contribution in [0.3, 0.4) is 0 Å². The zero-order valence-corrected chi connectivity index (χ0v) is 12.0. The summed E-state index contributed by atoms with van der Waals surface area (Å²) in [5.74, 6) is 0.642. The van der Waals surface area contributed by atoms with Gasteiger partial charge in [-0.2, -0.15) is 0 Å². The van der Waals surface area contributed by atoms with E-state index in [1.54, 1.807) is 0 Å². The summed E-state index contributed by atoms with van der Waals surface area (Å²) in [5, 5.41) is 0. The number of aryl methyl sites for hydroxylation is 3. The first-order valence-electron chi connectivity index (χ1n) is 6.75. The Bertz CT molecular complexity index is 763. The van der Waals surface area contributed by atoms with E-state index in [0.717, 1.165) is 11.1 Å². The van der Waals surface area contributed by atoms with Crippen molar-refractivity contribution < 1.29 is 4.42 Å². The van der Waals surface area contributed by atoms with Gasteiger partial charge in [0, 0.05) is 6.08 Å². The standard InChI is InChI=1S/C18H17NO/c1-12-10-14(3)15(11-13(12)2)8-9-18-19-16-6-4-5-7-17(16)20-18/h4-11H,1-3H3/b9-8+. The van der Waals surface area contributed by atoms with E-state index in [0.29, 0.717) is 5.89 Å². The second kappa shape index (κ2) is 4.97. The number of aromatic nitrogens is 1. The van der Waals surface area contributed by atoms with Crippen LogP contribution in [-0.4, -0.2) is 4.98 Å². The van der Waals surface area contributed by atoms with Crippen molar-refractivity contribution in [1.29, 1.82) is 0 Å². The third-order valence-electron chi connectivity index (χ3n) is 3.60. The molecule has 0 aliphatic heterocycles. The first kappa shape index (κ1) is 12.7. The molecule has 2 nitrogen and oxygen atoms in total. The third-order valence-corrected chi connectivity index (χ3v) is 3.60. The lowest BCUT2D eigenvalue weighted by atomic mass is 10.0. The van der Waals surface area contributed by atoms with Crippen molar-refractivity contribution in [2.24, 2.45) is 0 Å². The van der Waals surface area contributed by atoms with Crippen molar-refractivity contribution in [3.8, 4) is 0 Å². The highest BCUT2D eigenvalue weighted by molar-refractivity contribution is 5.76. The van der Waals surface area contributed by atoms with Crippen LogP contribution in [0.15, 0.2) is 40.8 Å². The maximum absolute atomic E-state index is 5.69. The Morgan fingerprint density at radius 2 is 1.65 bits per heavy atom. The molecular weight excluding hydrogens is 246 g/mol. The summed E-state index contributed by atoms with van der Waals surface area (Å²) < 4.78 is 5.69. The van der Waals surface area contributed by atoms with E-state index in [1.165, 1.54) is 22.3 Å². The van der Waals surface area contributed by atoms with Crippen LogP contribution >= 0.6 is 0 Å². The van der Waals surface area contributed by atoms with Crippen LogP contribution in [0.5, 0.6) is 0 Å². The molecule has 0 radical (unpaired) electrons. The van der Waals surface area contributed by atoms with Crippen molar-refractivity contribution in [3.05, 3.63) is 64.5 Å². The third kappa shape index (κ3) is 2.37. The lowest BCUT2D eigenvalue weighted by Crippen LogP contribution is -1.87. The second-order valence-electron chi connectivity index (χ2n) is 5.15. The Balaban J connectivity index is 1.95. The predicted octanol–water partition coefficient (Wildman–Crippen LogP) is 4.92. The van der Waals surface area contributed by atoms with Gasteiger partial charge < -0.3 is 4.42 Å². The van der Waals surface area contributed by atoms with Gasteiger partial charge in [-0.1, -0.05) is 24.3 Å². The van der Waals surface area contributed by atoms with Crippen molar-refractivity contribution in [3.63, 3.8) is 0 Å². The molecule has 0 saturated carbocycles. The smallest absolute Gasteiger partial charge is 0.220 e. The number of hydrogen-bond acceptors (Lipinski definition) is 2. The monoisotopic (exact) mass is 263 g/mol. The first-order valence-corrected chi connectivity index (χ1v) is 6.75. The van der Waals surface area contributed by atoms with Gasteiger partial charge >= 0.3 is 0 Å². The molecule has 2 heteroatoms. The summed E-state index contributed by atoms with van der Waals surface area (Å²) in [6.07, 6.45) is 3.99. The molecule has 0 atom stereocenters. The van der Waals surface area contributed by atoms with Gasteiger partial charge in [0.15, 0.2) is 5.58 Å².